The zero-order valence-corrected chi connectivity index (χ0v) is 12.1. The van der Waals surface area contributed by atoms with Crippen molar-refractivity contribution in [2.45, 2.75) is 59.0 Å². The maximum absolute atomic E-state index is 11.4. The molecule has 1 aromatic rings. The molecule has 1 rings (SSSR count). The molecule has 19 heavy (non-hydrogen) atoms. The first-order chi connectivity index (χ1) is 9.12. The minimum Gasteiger partial charge on any atom is -0.368 e. The number of aryl methyl sites for hydroxylation is 3. The van der Waals surface area contributed by atoms with Crippen molar-refractivity contribution in [2.24, 2.45) is 5.73 Å². The minimum atomic E-state index is -0.303. The standard InChI is InChI=1S/C13H25N5O/c1-4-8-15-10(13(14)19)7-9-18-12(6-3)16-11(5-2)17-18/h10,15H,4-9H2,1-3H3,(H2,14,19). The minimum absolute atomic E-state index is 0.293. The van der Waals surface area contributed by atoms with Crippen LogP contribution in [0.2, 0.25) is 0 Å². The van der Waals surface area contributed by atoms with Gasteiger partial charge in [0, 0.05) is 19.4 Å². The number of nitrogens with one attached hydrogen (secondary N) is 1. The van der Waals surface area contributed by atoms with Gasteiger partial charge >= 0.3 is 0 Å². The van der Waals surface area contributed by atoms with Crippen molar-refractivity contribution in [1.82, 2.24) is 20.1 Å². The first kappa shape index (κ1) is 15.6. The Morgan fingerprint density at radius 2 is 2.11 bits per heavy atom. The molecular formula is C13H25N5O. The van der Waals surface area contributed by atoms with Gasteiger partial charge in [-0.2, -0.15) is 5.10 Å². The van der Waals surface area contributed by atoms with Gasteiger partial charge in [-0.3, -0.25) is 4.79 Å². The van der Waals surface area contributed by atoms with E-state index in [1.54, 1.807) is 0 Å². The average Bonchev–Trinajstić information content (AvgIpc) is 2.80. The maximum Gasteiger partial charge on any atom is 0.234 e. The Kier molecular flexibility index (Phi) is 6.49. The van der Waals surface area contributed by atoms with E-state index in [1.165, 1.54) is 0 Å². The molecule has 0 aliphatic heterocycles. The van der Waals surface area contributed by atoms with Gasteiger partial charge in [-0.25, -0.2) is 9.67 Å². The van der Waals surface area contributed by atoms with Crippen molar-refractivity contribution in [1.29, 1.82) is 0 Å². The molecule has 1 amide bonds. The first-order valence-corrected chi connectivity index (χ1v) is 7.07. The molecule has 1 heterocycles. The third-order valence-electron chi connectivity index (χ3n) is 3.04. The molecule has 1 aromatic heterocycles. The van der Waals surface area contributed by atoms with E-state index in [9.17, 15) is 4.79 Å². The molecule has 0 spiro atoms. The normalized spacial score (nSPS) is 12.6. The molecule has 6 nitrogen and oxygen atoms in total. The molecule has 0 aromatic carbocycles. The lowest BCUT2D eigenvalue weighted by molar-refractivity contribution is -0.120. The fraction of sp³-hybridized carbons (Fsp3) is 0.769. The van der Waals surface area contributed by atoms with Gasteiger partial charge in [-0.1, -0.05) is 20.8 Å². The van der Waals surface area contributed by atoms with Crippen LogP contribution < -0.4 is 11.1 Å². The van der Waals surface area contributed by atoms with Gasteiger partial charge < -0.3 is 11.1 Å². The highest BCUT2D eigenvalue weighted by Crippen LogP contribution is 2.04. The largest absolute Gasteiger partial charge is 0.368 e. The van der Waals surface area contributed by atoms with Crippen molar-refractivity contribution in [3.8, 4) is 0 Å². The highest BCUT2D eigenvalue weighted by atomic mass is 16.1. The Hall–Kier alpha value is -1.43. The van der Waals surface area contributed by atoms with Crippen molar-refractivity contribution in [2.75, 3.05) is 6.54 Å². The van der Waals surface area contributed by atoms with Crippen LogP contribution in [0.25, 0.3) is 0 Å². The van der Waals surface area contributed by atoms with E-state index in [1.807, 2.05) is 11.6 Å². The number of nitrogens with zero attached hydrogens (tertiary/aromatic N) is 3. The number of nitrogens with two attached hydrogens (primary N) is 1. The zero-order valence-electron chi connectivity index (χ0n) is 12.1. The van der Waals surface area contributed by atoms with Gasteiger partial charge in [-0.15, -0.1) is 0 Å². The molecule has 1 atom stereocenters. The molecule has 0 saturated heterocycles. The topological polar surface area (TPSA) is 85.8 Å². The van der Waals surface area contributed by atoms with Crippen LogP contribution in [0.4, 0.5) is 0 Å². The van der Waals surface area contributed by atoms with Crippen molar-refractivity contribution in [3.05, 3.63) is 11.6 Å². The number of aromatic nitrogens is 3. The monoisotopic (exact) mass is 267 g/mol. The smallest absolute Gasteiger partial charge is 0.234 e. The number of primary amides is 1. The van der Waals surface area contributed by atoms with Crippen LogP contribution in [0.15, 0.2) is 0 Å². The molecule has 0 fully saturated rings. The van der Waals surface area contributed by atoms with Gasteiger partial charge in [0.15, 0.2) is 5.82 Å². The molecule has 3 N–H and O–H groups in total. The summed E-state index contributed by atoms with van der Waals surface area (Å²) in [5.74, 6) is 1.52. The average molecular weight is 267 g/mol. The first-order valence-electron chi connectivity index (χ1n) is 7.07. The lowest BCUT2D eigenvalue weighted by Crippen LogP contribution is -2.42. The summed E-state index contributed by atoms with van der Waals surface area (Å²) in [5, 5.41) is 7.60. The van der Waals surface area contributed by atoms with Crippen LogP contribution in [0.5, 0.6) is 0 Å². The Balaban J connectivity index is 2.62. The van der Waals surface area contributed by atoms with Crippen molar-refractivity contribution in [3.63, 3.8) is 0 Å². The van der Waals surface area contributed by atoms with Crippen LogP contribution in [0.3, 0.4) is 0 Å². The summed E-state index contributed by atoms with van der Waals surface area (Å²) in [6.45, 7) is 7.62. The molecule has 0 bridgehead atoms. The molecule has 108 valence electrons. The Labute approximate surface area is 114 Å². The maximum atomic E-state index is 11.4. The summed E-state index contributed by atoms with van der Waals surface area (Å²) in [4.78, 5) is 15.8. The molecule has 0 aliphatic rings. The lowest BCUT2D eigenvalue weighted by Gasteiger charge is -2.15. The Bertz CT molecular complexity index is 402. The van der Waals surface area contributed by atoms with E-state index in [-0.39, 0.29) is 11.9 Å². The highest BCUT2D eigenvalue weighted by molar-refractivity contribution is 5.79. The van der Waals surface area contributed by atoms with Gasteiger partial charge in [0.05, 0.1) is 6.04 Å². The second kappa shape index (κ2) is 7.89. The van der Waals surface area contributed by atoms with E-state index >= 15 is 0 Å². The van der Waals surface area contributed by atoms with Gasteiger partial charge in [0.2, 0.25) is 5.91 Å². The number of hydrogen-bond acceptors (Lipinski definition) is 4. The van der Waals surface area contributed by atoms with Gasteiger partial charge in [0.25, 0.3) is 0 Å². The number of hydrogen-bond donors (Lipinski definition) is 2. The van der Waals surface area contributed by atoms with E-state index in [2.05, 4.69) is 29.2 Å². The predicted molar refractivity (Wildman–Crippen MR) is 74.7 cm³/mol. The van der Waals surface area contributed by atoms with Gasteiger partial charge in [-0.05, 0) is 19.4 Å². The highest BCUT2D eigenvalue weighted by Gasteiger charge is 2.15. The zero-order chi connectivity index (χ0) is 14.3. The summed E-state index contributed by atoms with van der Waals surface area (Å²) in [6, 6.07) is -0.293. The fourth-order valence-corrected chi connectivity index (χ4v) is 1.93. The molecule has 0 aliphatic carbocycles. The molecule has 0 saturated carbocycles. The van der Waals surface area contributed by atoms with Crippen molar-refractivity contribution < 1.29 is 4.79 Å². The van der Waals surface area contributed by atoms with Gasteiger partial charge in [0.1, 0.15) is 5.82 Å². The van der Waals surface area contributed by atoms with E-state index in [0.717, 1.165) is 37.5 Å². The summed E-state index contributed by atoms with van der Waals surface area (Å²) in [7, 11) is 0. The van der Waals surface area contributed by atoms with E-state index in [0.29, 0.717) is 13.0 Å². The number of rotatable bonds is 9. The lowest BCUT2D eigenvalue weighted by atomic mass is 10.2. The number of amides is 1. The summed E-state index contributed by atoms with van der Waals surface area (Å²) >= 11 is 0. The summed E-state index contributed by atoms with van der Waals surface area (Å²) in [6.07, 6.45) is 3.30. The SMILES string of the molecule is CCCNC(CCn1nc(CC)nc1CC)C(N)=O. The second-order valence-corrected chi connectivity index (χ2v) is 4.57. The van der Waals surface area contributed by atoms with Crippen molar-refractivity contribution >= 4 is 5.91 Å². The molecule has 1 unspecified atom stereocenters. The third kappa shape index (κ3) is 4.63. The Morgan fingerprint density at radius 1 is 1.37 bits per heavy atom. The summed E-state index contributed by atoms with van der Waals surface area (Å²) in [5.41, 5.74) is 5.40. The third-order valence-corrected chi connectivity index (χ3v) is 3.04. The van der Waals surface area contributed by atoms with Crippen LogP contribution in [-0.2, 0) is 24.2 Å². The van der Waals surface area contributed by atoms with Crippen LogP contribution in [0, 0.1) is 0 Å². The summed E-state index contributed by atoms with van der Waals surface area (Å²) < 4.78 is 1.89. The number of carbonyl (C=O) groups is 1. The molecule has 6 heteroatoms. The van der Waals surface area contributed by atoms with E-state index < -0.39 is 0 Å². The van der Waals surface area contributed by atoms with Crippen LogP contribution >= 0.6 is 0 Å². The molecule has 0 radical (unpaired) electrons. The van der Waals surface area contributed by atoms with Crippen LogP contribution in [0.1, 0.15) is 45.3 Å². The Morgan fingerprint density at radius 3 is 2.63 bits per heavy atom. The quantitative estimate of drug-likeness (QED) is 0.687. The predicted octanol–water partition coefficient (Wildman–Crippen LogP) is 0.647. The van der Waals surface area contributed by atoms with Crippen LogP contribution in [-0.4, -0.2) is 33.3 Å². The number of carbonyl (C=O) groups excluding carboxylic acids is 1. The second-order valence-electron chi connectivity index (χ2n) is 4.57. The van der Waals surface area contributed by atoms with E-state index in [4.69, 9.17) is 5.73 Å². The molecular weight excluding hydrogens is 242 g/mol. The fourth-order valence-electron chi connectivity index (χ4n) is 1.93.